The molecule has 1 aromatic carbocycles. The molecule has 164 valence electrons. The number of hydrogen-bond donors (Lipinski definition) is 0. The van der Waals surface area contributed by atoms with Crippen molar-refractivity contribution in [1.82, 2.24) is 14.7 Å². The molecule has 30 heavy (non-hydrogen) atoms. The SMILES string of the molecule is C/C=C(\C)C(=O)c1nn(CC(=O)N(CCCC)CCC(C)C)c2cc(OC)ccc12. The van der Waals surface area contributed by atoms with Crippen LogP contribution in [0, 0.1) is 5.92 Å². The minimum Gasteiger partial charge on any atom is -0.497 e. The number of nitrogens with zero attached hydrogens (tertiary/aromatic N) is 3. The summed E-state index contributed by atoms with van der Waals surface area (Å²) in [6.45, 7) is 11.7. The Morgan fingerprint density at radius 3 is 2.60 bits per heavy atom. The zero-order valence-corrected chi connectivity index (χ0v) is 19.2. The molecular weight excluding hydrogens is 378 g/mol. The highest BCUT2D eigenvalue weighted by Crippen LogP contribution is 2.25. The molecule has 6 heteroatoms. The fraction of sp³-hybridized carbons (Fsp3) is 0.542. The maximum Gasteiger partial charge on any atom is 0.244 e. The van der Waals surface area contributed by atoms with Crippen molar-refractivity contribution < 1.29 is 14.3 Å². The molecule has 2 rings (SSSR count). The Balaban J connectivity index is 2.40. The Morgan fingerprint density at radius 1 is 1.27 bits per heavy atom. The van der Waals surface area contributed by atoms with Gasteiger partial charge >= 0.3 is 0 Å². The van der Waals surface area contributed by atoms with Crippen molar-refractivity contribution in [2.24, 2.45) is 5.92 Å². The summed E-state index contributed by atoms with van der Waals surface area (Å²) in [5.41, 5.74) is 1.73. The van der Waals surface area contributed by atoms with E-state index >= 15 is 0 Å². The summed E-state index contributed by atoms with van der Waals surface area (Å²) in [6.07, 6.45) is 4.75. The van der Waals surface area contributed by atoms with E-state index in [0.29, 0.717) is 22.9 Å². The van der Waals surface area contributed by atoms with Gasteiger partial charge in [-0.05, 0) is 50.3 Å². The summed E-state index contributed by atoms with van der Waals surface area (Å²) in [5, 5.41) is 5.29. The molecule has 1 heterocycles. The smallest absolute Gasteiger partial charge is 0.244 e. The Hall–Kier alpha value is -2.63. The molecule has 0 N–H and O–H groups in total. The second-order valence-corrected chi connectivity index (χ2v) is 8.11. The zero-order chi connectivity index (χ0) is 22.3. The van der Waals surface area contributed by atoms with Gasteiger partial charge < -0.3 is 9.64 Å². The third-order valence-electron chi connectivity index (χ3n) is 5.36. The Kier molecular flexibility index (Phi) is 8.63. The minimum atomic E-state index is -0.124. The van der Waals surface area contributed by atoms with Gasteiger partial charge in [-0.25, -0.2) is 0 Å². The number of benzene rings is 1. The number of amides is 1. The lowest BCUT2D eigenvalue weighted by Crippen LogP contribution is -2.36. The number of ether oxygens (including phenoxy) is 1. The van der Waals surface area contributed by atoms with E-state index in [-0.39, 0.29) is 18.2 Å². The molecule has 0 spiro atoms. The number of carbonyl (C=O) groups is 2. The summed E-state index contributed by atoms with van der Waals surface area (Å²) in [7, 11) is 1.60. The van der Waals surface area contributed by atoms with E-state index < -0.39 is 0 Å². The first-order valence-electron chi connectivity index (χ1n) is 10.8. The van der Waals surface area contributed by atoms with Crippen LogP contribution in [0.5, 0.6) is 5.75 Å². The van der Waals surface area contributed by atoms with E-state index in [2.05, 4.69) is 25.9 Å². The number of allylic oxidation sites excluding steroid dienone is 2. The van der Waals surface area contributed by atoms with Crippen LogP contribution in [0.1, 0.15) is 64.4 Å². The standard InChI is InChI=1S/C24H35N3O3/c1-7-9-13-26(14-12-17(3)4)22(28)16-27-21-15-19(30-6)10-11-20(21)23(25-27)24(29)18(5)8-2/h8,10-11,15,17H,7,9,12-14,16H2,1-6H3/b18-8+. The molecule has 0 saturated heterocycles. The van der Waals surface area contributed by atoms with Gasteiger partial charge in [0.2, 0.25) is 11.7 Å². The van der Waals surface area contributed by atoms with E-state index in [0.717, 1.165) is 43.3 Å². The van der Waals surface area contributed by atoms with Gasteiger partial charge in [0.05, 0.1) is 12.6 Å². The fourth-order valence-corrected chi connectivity index (χ4v) is 3.24. The lowest BCUT2D eigenvalue weighted by molar-refractivity contribution is -0.132. The molecule has 0 aliphatic carbocycles. The highest BCUT2D eigenvalue weighted by atomic mass is 16.5. The molecular formula is C24H35N3O3. The number of rotatable bonds is 11. The van der Waals surface area contributed by atoms with Crippen LogP contribution in [0.15, 0.2) is 29.8 Å². The zero-order valence-electron chi connectivity index (χ0n) is 19.2. The Morgan fingerprint density at radius 2 is 2.00 bits per heavy atom. The van der Waals surface area contributed by atoms with E-state index in [9.17, 15) is 9.59 Å². The monoisotopic (exact) mass is 413 g/mol. The van der Waals surface area contributed by atoms with Crippen molar-refractivity contribution in [3.05, 3.63) is 35.5 Å². The molecule has 0 bridgehead atoms. The van der Waals surface area contributed by atoms with Gasteiger partial charge in [0.15, 0.2) is 0 Å². The van der Waals surface area contributed by atoms with Crippen molar-refractivity contribution in [2.45, 2.75) is 60.4 Å². The van der Waals surface area contributed by atoms with Crippen LogP contribution in [0.25, 0.3) is 10.9 Å². The van der Waals surface area contributed by atoms with Gasteiger partial charge in [-0.2, -0.15) is 5.10 Å². The number of hydrogen-bond acceptors (Lipinski definition) is 4. The predicted molar refractivity (Wildman–Crippen MR) is 121 cm³/mol. The number of Topliss-reactive ketones (excluding diaryl/α,β-unsaturated/α-hetero) is 1. The molecule has 1 aromatic heterocycles. The van der Waals surface area contributed by atoms with Crippen LogP contribution in [0.3, 0.4) is 0 Å². The highest BCUT2D eigenvalue weighted by molar-refractivity contribution is 6.14. The number of aromatic nitrogens is 2. The van der Waals surface area contributed by atoms with E-state index in [4.69, 9.17) is 4.74 Å². The molecule has 0 radical (unpaired) electrons. The Labute approximate surface area is 179 Å². The molecule has 0 fully saturated rings. The van der Waals surface area contributed by atoms with Gasteiger partial charge in [0.1, 0.15) is 18.0 Å². The van der Waals surface area contributed by atoms with Gasteiger partial charge in [-0.1, -0.05) is 33.3 Å². The summed E-state index contributed by atoms with van der Waals surface area (Å²) in [6, 6.07) is 5.49. The maximum absolute atomic E-state index is 13.1. The van der Waals surface area contributed by atoms with Crippen LogP contribution >= 0.6 is 0 Å². The third kappa shape index (κ3) is 5.71. The molecule has 0 aliphatic heterocycles. The molecule has 6 nitrogen and oxygen atoms in total. The fourth-order valence-electron chi connectivity index (χ4n) is 3.24. The van der Waals surface area contributed by atoms with Crippen molar-refractivity contribution in [2.75, 3.05) is 20.2 Å². The average Bonchev–Trinajstić information content (AvgIpc) is 3.09. The first kappa shape index (κ1) is 23.6. The molecule has 0 atom stereocenters. The molecule has 0 unspecified atom stereocenters. The molecule has 1 amide bonds. The van der Waals surface area contributed by atoms with Gasteiger partial charge in [-0.3, -0.25) is 14.3 Å². The van der Waals surface area contributed by atoms with E-state index in [1.54, 1.807) is 24.8 Å². The van der Waals surface area contributed by atoms with Crippen LogP contribution in [-0.4, -0.2) is 46.6 Å². The molecule has 0 saturated carbocycles. The number of carbonyl (C=O) groups excluding carboxylic acids is 2. The quantitative estimate of drug-likeness (QED) is 0.389. The maximum atomic E-state index is 13.1. The van der Waals surface area contributed by atoms with Crippen LogP contribution in [-0.2, 0) is 11.3 Å². The summed E-state index contributed by atoms with van der Waals surface area (Å²) in [4.78, 5) is 27.9. The first-order valence-corrected chi connectivity index (χ1v) is 10.8. The first-order chi connectivity index (χ1) is 14.3. The summed E-state index contributed by atoms with van der Waals surface area (Å²) >= 11 is 0. The van der Waals surface area contributed by atoms with Gasteiger partial charge in [0.25, 0.3) is 0 Å². The van der Waals surface area contributed by atoms with Crippen molar-refractivity contribution in [3.63, 3.8) is 0 Å². The topological polar surface area (TPSA) is 64.4 Å². The highest BCUT2D eigenvalue weighted by Gasteiger charge is 2.22. The number of fused-ring (bicyclic) bond motifs is 1. The number of ketones is 1. The number of unbranched alkanes of at least 4 members (excludes halogenated alkanes) is 1. The average molecular weight is 414 g/mol. The van der Waals surface area contributed by atoms with E-state index in [1.807, 2.05) is 30.0 Å². The van der Waals surface area contributed by atoms with Gasteiger partial charge in [-0.15, -0.1) is 0 Å². The van der Waals surface area contributed by atoms with Crippen LogP contribution in [0.4, 0.5) is 0 Å². The second kappa shape index (κ2) is 11.0. The lowest BCUT2D eigenvalue weighted by Gasteiger charge is -2.23. The van der Waals surface area contributed by atoms with Crippen molar-refractivity contribution in [1.29, 1.82) is 0 Å². The normalized spacial score (nSPS) is 11.9. The Bertz CT molecular complexity index is 912. The molecule has 0 aliphatic rings. The second-order valence-electron chi connectivity index (χ2n) is 8.11. The third-order valence-corrected chi connectivity index (χ3v) is 5.36. The number of methoxy groups -OCH3 is 1. The summed E-state index contributed by atoms with van der Waals surface area (Å²) < 4.78 is 7.00. The minimum absolute atomic E-state index is 0.0260. The van der Waals surface area contributed by atoms with Crippen LogP contribution < -0.4 is 4.74 Å². The molecule has 2 aromatic rings. The largest absolute Gasteiger partial charge is 0.497 e. The van der Waals surface area contributed by atoms with E-state index in [1.165, 1.54) is 0 Å². The predicted octanol–water partition coefficient (Wildman–Crippen LogP) is 4.87. The lowest BCUT2D eigenvalue weighted by atomic mass is 10.1. The van der Waals surface area contributed by atoms with Crippen LogP contribution in [0.2, 0.25) is 0 Å². The summed E-state index contributed by atoms with van der Waals surface area (Å²) in [5.74, 6) is 1.10. The van der Waals surface area contributed by atoms with Crippen molar-refractivity contribution in [3.8, 4) is 5.75 Å². The van der Waals surface area contributed by atoms with Crippen molar-refractivity contribution >= 4 is 22.6 Å². The van der Waals surface area contributed by atoms with Gasteiger partial charge in [0, 0.05) is 24.5 Å².